The van der Waals surface area contributed by atoms with Gasteiger partial charge in [-0.25, -0.2) is 4.99 Å². The summed E-state index contributed by atoms with van der Waals surface area (Å²) in [7, 11) is 0. The molecule has 2 rings (SSSR count). The average Bonchev–Trinajstić information content (AvgIpc) is 2.31. The van der Waals surface area contributed by atoms with E-state index >= 15 is 0 Å². The van der Waals surface area contributed by atoms with Gasteiger partial charge in [-0.3, -0.25) is 0 Å². The third-order valence-electron chi connectivity index (χ3n) is 3.05. The molecule has 7 heteroatoms. The van der Waals surface area contributed by atoms with Gasteiger partial charge in [-0.15, -0.1) is 13.2 Å². The SMILES string of the molecule is NC(=NCc1ccc(OC(F)(F)F)cc1)NC1CCC1. The number of alkyl halides is 3. The van der Waals surface area contributed by atoms with E-state index in [9.17, 15) is 13.2 Å². The standard InChI is InChI=1S/C13H16F3N3O/c14-13(15,16)20-11-6-4-9(5-7-11)8-18-12(17)19-10-2-1-3-10/h4-7,10H,1-3,8H2,(H3,17,18,19). The minimum Gasteiger partial charge on any atom is -0.406 e. The number of aliphatic imine (C=N–C) groups is 1. The van der Waals surface area contributed by atoms with E-state index < -0.39 is 6.36 Å². The lowest BCUT2D eigenvalue weighted by Gasteiger charge is -2.26. The first-order chi connectivity index (χ1) is 9.42. The zero-order valence-electron chi connectivity index (χ0n) is 10.8. The van der Waals surface area contributed by atoms with Crippen LogP contribution in [0.3, 0.4) is 0 Å². The van der Waals surface area contributed by atoms with E-state index in [1.165, 1.54) is 30.7 Å². The van der Waals surface area contributed by atoms with Gasteiger partial charge in [-0.1, -0.05) is 12.1 Å². The molecule has 0 unspecified atom stereocenters. The quantitative estimate of drug-likeness (QED) is 0.661. The Morgan fingerprint density at radius 1 is 1.30 bits per heavy atom. The largest absolute Gasteiger partial charge is 0.573 e. The Hall–Kier alpha value is -1.92. The molecule has 1 aliphatic carbocycles. The molecular formula is C13H16F3N3O. The van der Waals surface area contributed by atoms with E-state index in [4.69, 9.17) is 5.73 Å². The molecule has 0 aliphatic heterocycles. The molecule has 4 nitrogen and oxygen atoms in total. The smallest absolute Gasteiger partial charge is 0.406 e. The molecule has 110 valence electrons. The number of nitrogens with zero attached hydrogens (tertiary/aromatic N) is 1. The second-order valence-electron chi connectivity index (χ2n) is 4.67. The summed E-state index contributed by atoms with van der Waals surface area (Å²) in [6.07, 6.45) is -1.28. The van der Waals surface area contributed by atoms with Crippen molar-refractivity contribution in [2.45, 2.75) is 38.2 Å². The van der Waals surface area contributed by atoms with Crippen LogP contribution >= 0.6 is 0 Å². The number of hydrogen-bond donors (Lipinski definition) is 2. The number of nitrogens with two attached hydrogens (primary N) is 1. The monoisotopic (exact) mass is 287 g/mol. The third kappa shape index (κ3) is 4.64. The van der Waals surface area contributed by atoms with Crippen molar-refractivity contribution in [3.8, 4) is 5.75 Å². The Bertz CT molecular complexity index is 467. The van der Waals surface area contributed by atoms with E-state index in [-0.39, 0.29) is 5.75 Å². The van der Waals surface area contributed by atoms with E-state index in [1.807, 2.05) is 0 Å². The van der Waals surface area contributed by atoms with Crippen molar-refractivity contribution in [2.75, 3.05) is 0 Å². The second-order valence-corrected chi connectivity index (χ2v) is 4.67. The van der Waals surface area contributed by atoms with Gasteiger partial charge in [0, 0.05) is 6.04 Å². The number of halogens is 3. The van der Waals surface area contributed by atoms with Crippen LogP contribution in [0.25, 0.3) is 0 Å². The summed E-state index contributed by atoms with van der Waals surface area (Å²) in [6, 6.07) is 5.98. The molecule has 1 saturated carbocycles. The summed E-state index contributed by atoms with van der Waals surface area (Å²) in [5, 5.41) is 3.08. The average molecular weight is 287 g/mol. The Kier molecular flexibility index (Phi) is 4.36. The van der Waals surface area contributed by atoms with Gasteiger partial charge in [0.2, 0.25) is 0 Å². The van der Waals surface area contributed by atoms with Gasteiger partial charge in [0.15, 0.2) is 5.96 Å². The molecule has 0 atom stereocenters. The summed E-state index contributed by atoms with van der Waals surface area (Å²) in [5.74, 6) is 0.121. The van der Waals surface area contributed by atoms with Crippen LogP contribution in [0.2, 0.25) is 0 Å². The fourth-order valence-corrected chi connectivity index (χ4v) is 1.78. The maximum Gasteiger partial charge on any atom is 0.573 e. The maximum atomic E-state index is 12.0. The van der Waals surface area contributed by atoms with Crippen molar-refractivity contribution in [2.24, 2.45) is 10.7 Å². The number of hydrogen-bond acceptors (Lipinski definition) is 2. The van der Waals surface area contributed by atoms with Crippen LogP contribution < -0.4 is 15.8 Å². The summed E-state index contributed by atoms with van der Waals surface area (Å²) in [4.78, 5) is 4.14. The van der Waals surface area contributed by atoms with Crippen LogP contribution in [0.15, 0.2) is 29.3 Å². The highest BCUT2D eigenvalue weighted by atomic mass is 19.4. The van der Waals surface area contributed by atoms with Crippen LogP contribution in [-0.2, 0) is 6.54 Å². The lowest BCUT2D eigenvalue weighted by atomic mass is 9.93. The summed E-state index contributed by atoms with van der Waals surface area (Å²) in [6.45, 7) is 0.317. The van der Waals surface area contributed by atoms with Crippen LogP contribution in [0.5, 0.6) is 5.75 Å². The molecule has 0 spiro atoms. The number of nitrogens with one attached hydrogen (secondary N) is 1. The second kappa shape index (κ2) is 6.02. The zero-order chi connectivity index (χ0) is 14.6. The van der Waals surface area contributed by atoms with Crippen molar-refractivity contribution in [3.05, 3.63) is 29.8 Å². The van der Waals surface area contributed by atoms with E-state index in [1.54, 1.807) is 0 Å². The first kappa shape index (κ1) is 14.5. The highest BCUT2D eigenvalue weighted by Crippen LogP contribution is 2.23. The highest BCUT2D eigenvalue weighted by Gasteiger charge is 2.30. The minimum absolute atomic E-state index is 0.245. The molecule has 0 radical (unpaired) electrons. The first-order valence-electron chi connectivity index (χ1n) is 6.33. The number of benzene rings is 1. The minimum atomic E-state index is -4.67. The lowest BCUT2D eigenvalue weighted by molar-refractivity contribution is -0.274. The maximum absolute atomic E-state index is 12.0. The van der Waals surface area contributed by atoms with Gasteiger partial charge in [-0.05, 0) is 37.0 Å². The molecule has 0 bridgehead atoms. The number of ether oxygens (including phenoxy) is 1. The third-order valence-corrected chi connectivity index (χ3v) is 3.05. The van der Waals surface area contributed by atoms with Crippen LogP contribution in [0.4, 0.5) is 13.2 Å². The molecule has 1 fully saturated rings. The van der Waals surface area contributed by atoms with Crippen molar-refractivity contribution in [1.82, 2.24) is 5.32 Å². The van der Waals surface area contributed by atoms with Gasteiger partial charge in [0.05, 0.1) is 6.54 Å². The fraction of sp³-hybridized carbons (Fsp3) is 0.462. The van der Waals surface area contributed by atoms with Crippen molar-refractivity contribution in [1.29, 1.82) is 0 Å². The Morgan fingerprint density at radius 3 is 2.45 bits per heavy atom. The topological polar surface area (TPSA) is 59.6 Å². The molecule has 0 saturated heterocycles. The van der Waals surface area contributed by atoms with Gasteiger partial charge >= 0.3 is 6.36 Å². The Labute approximate surface area is 114 Å². The molecule has 1 aliphatic rings. The molecule has 20 heavy (non-hydrogen) atoms. The van der Waals surface area contributed by atoms with Crippen LogP contribution in [-0.4, -0.2) is 18.4 Å². The molecule has 3 N–H and O–H groups in total. The Morgan fingerprint density at radius 2 is 1.95 bits per heavy atom. The Balaban J connectivity index is 1.85. The van der Waals surface area contributed by atoms with Crippen molar-refractivity contribution in [3.63, 3.8) is 0 Å². The van der Waals surface area contributed by atoms with E-state index in [2.05, 4.69) is 15.0 Å². The predicted molar refractivity (Wildman–Crippen MR) is 69.2 cm³/mol. The zero-order valence-corrected chi connectivity index (χ0v) is 10.8. The van der Waals surface area contributed by atoms with Gasteiger partial charge in [0.25, 0.3) is 0 Å². The van der Waals surface area contributed by atoms with Crippen LogP contribution in [0.1, 0.15) is 24.8 Å². The van der Waals surface area contributed by atoms with E-state index in [0.717, 1.165) is 18.4 Å². The van der Waals surface area contributed by atoms with Crippen molar-refractivity contribution >= 4 is 5.96 Å². The van der Waals surface area contributed by atoms with Crippen molar-refractivity contribution < 1.29 is 17.9 Å². The normalized spacial score (nSPS) is 16.6. The first-order valence-corrected chi connectivity index (χ1v) is 6.33. The van der Waals surface area contributed by atoms with E-state index in [0.29, 0.717) is 18.5 Å². The highest BCUT2D eigenvalue weighted by molar-refractivity contribution is 5.78. The molecule has 0 amide bonds. The molecular weight excluding hydrogens is 271 g/mol. The van der Waals surface area contributed by atoms with Gasteiger partial charge < -0.3 is 15.8 Å². The molecule has 0 heterocycles. The lowest BCUT2D eigenvalue weighted by Crippen LogP contribution is -2.43. The summed E-state index contributed by atoms with van der Waals surface area (Å²) in [5.41, 5.74) is 6.47. The van der Waals surface area contributed by atoms with Gasteiger partial charge in [-0.2, -0.15) is 0 Å². The molecule has 1 aromatic carbocycles. The summed E-state index contributed by atoms with van der Waals surface area (Å²) < 4.78 is 39.7. The molecule has 0 aromatic heterocycles. The predicted octanol–water partition coefficient (Wildman–Crippen LogP) is 2.54. The number of rotatable bonds is 4. The summed E-state index contributed by atoms with van der Waals surface area (Å²) >= 11 is 0. The fourth-order valence-electron chi connectivity index (χ4n) is 1.78. The van der Waals surface area contributed by atoms with Crippen LogP contribution in [0, 0.1) is 0 Å². The molecule has 1 aromatic rings. The number of guanidine groups is 1. The van der Waals surface area contributed by atoms with Gasteiger partial charge in [0.1, 0.15) is 5.75 Å².